The van der Waals surface area contributed by atoms with Gasteiger partial charge in [0.05, 0.1) is 11.4 Å². The van der Waals surface area contributed by atoms with E-state index < -0.39 is 5.82 Å². The fourth-order valence-corrected chi connectivity index (χ4v) is 2.84. The Morgan fingerprint density at radius 2 is 2.15 bits per heavy atom. The first-order valence-corrected chi connectivity index (χ1v) is 6.94. The van der Waals surface area contributed by atoms with E-state index in [1.807, 2.05) is 18.5 Å². The number of benzene rings is 1. The molecule has 4 nitrogen and oxygen atoms in total. The fourth-order valence-electron chi connectivity index (χ4n) is 2.33. The van der Waals surface area contributed by atoms with Crippen molar-refractivity contribution in [1.29, 1.82) is 0 Å². The number of halogens is 2. The molecule has 2 heterocycles. The lowest BCUT2D eigenvalue weighted by Crippen LogP contribution is -2.04. The third-order valence-electron chi connectivity index (χ3n) is 3.15. The number of hydrogen-bond acceptors (Lipinski definition) is 2. The third-order valence-corrected chi connectivity index (χ3v) is 3.66. The van der Waals surface area contributed by atoms with Crippen LogP contribution in [-0.4, -0.2) is 19.3 Å². The summed E-state index contributed by atoms with van der Waals surface area (Å²) in [5.74, 6) is -0.400. The van der Waals surface area contributed by atoms with Gasteiger partial charge in [0.25, 0.3) is 0 Å². The molecule has 0 aliphatic rings. The fraction of sp³-hybridized carbons (Fsp3) is 0.231. The van der Waals surface area contributed by atoms with E-state index in [9.17, 15) is 4.39 Å². The van der Waals surface area contributed by atoms with Gasteiger partial charge in [0.15, 0.2) is 10.4 Å². The van der Waals surface area contributed by atoms with Crippen molar-refractivity contribution in [3.8, 4) is 5.69 Å². The summed E-state index contributed by atoms with van der Waals surface area (Å²) in [4.78, 5) is 3.12. The van der Waals surface area contributed by atoms with Crippen molar-refractivity contribution in [2.75, 3.05) is 0 Å². The number of aromatic nitrogens is 4. The van der Waals surface area contributed by atoms with Crippen LogP contribution in [0.4, 0.5) is 4.39 Å². The molecule has 0 atom stereocenters. The summed E-state index contributed by atoms with van der Waals surface area (Å²) in [6.07, 6.45) is 0. The van der Waals surface area contributed by atoms with E-state index in [2.05, 4.69) is 10.1 Å². The van der Waals surface area contributed by atoms with Gasteiger partial charge in [0.1, 0.15) is 11.3 Å². The lowest BCUT2D eigenvalue weighted by atomic mass is 10.3. The summed E-state index contributed by atoms with van der Waals surface area (Å²) < 4.78 is 17.6. The molecule has 0 saturated carbocycles. The number of aromatic amines is 1. The minimum Gasteiger partial charge on any atom is -0.327 e. The molecule has 3 aromatic rings. The molecule has 2 aromatic heterocycles. The van der Waals surface area contributed by atoms with Crippen LogP contribution in [0.15, 0.2) is 18.2 Å². The minimum atomic E-state index is -0.400. The Labute approximate surface area is 124 Å². The van der Waals surface area contributed by atoms with Crippen molar-refractivity contribution in [2.24, 2.45) is 0 Å². The highest BCUT2D eigenvalue weighted by atomic mass is 35.5. The van der Waals surface area contributed by atoms with Gasteiger partial charge in [-0.05, 0) is 44.3 Å². The molecule has 104 valence electrons. The van der Waals surface area contributed by atoms with Crippen molar-refractivity contribution in [3.63, 3.8) is 0 Å². The largest absolute Gasteiger partial charge is 0.327 e. The Kier molecular flexibility index (Phi) is 3.14. The van der Waals surface area contributed by atoms with Crippen LogP contribution >= 0.6 is 23.8 Å². The number of nitrogens with zero attached hydrogens (tertiary/aromatic N) is 3. The van der Waals surface area contributed by atoms with Crippen LogP contribution in [0.5, 0.6) is 0 Å². The highest BCUT2D eigenvalue weighted by Crippen LogP contribution is 2.24. The second-order valence-electron chi connectivity index (χ2n) is 4.49. The number of hydrogen-bond donors (Lipinski definition) is 1. The maximum absolute atomic E-state index is 13.6. The van der Waals surface area contributed by atoms with Crippen molar-refractivity contribution in [1.82, 2.24) is 19.3 Å². The predicted octanol–water partition coefficient (Wildman–Crippen LogP) is 4.01. The molecule has 0 unspecified atom stereocenters. The van der Waals surface area contributed by atoms with E-state index in [1.54, 1.807) is 10.6 Å². The van der Waals surface area contributed by atoms with Gasteiger partial charge in [-0.25, -0.2) is 9.07 Å². The van der Waals surface area contributed by atoms with Crippen LogP contribution in [-0.2, 0) is 6.54 Å². The second kappa shape index (κ2) is 4.71. The molecule has 3 rings (SSSR count). The monoisotopic (exact) mass is 310 g/mol. The van der Waals surface area contributed by atoms with E-state index in [4.69, 9.17) is 23.8 Å². The SMILES string of the molecule is CCn1nc(C)c2[nH]c(=S)n(-c3cc(F)cc(Cl)c3)c21. The van der Waals surface area contributed by atoms with E-state index >= 15 is 0 Å². The third kappa shape index (κ3) is 1.96. The van der Waals surface area contributed by atoms with E-state index in [0.29, 0.717) is 22.0 Å². The van der Waals surface area contributed by atoms with Crippen LogP contribution in [0.2, 0.25) is 5.02 Å². The van der Waals surface area contributed by atoms with Gasteiger partial charge in [0.2, 0.25) is 0 Å². The van der Waals surface area contributed by atoms with Crippen LogP contribution in [0.1, 0.15) is 12.6 Å². The molecule has 20 heavy (non-hydrogen) atoms. The Bertz CT molecular complexity index is 841. The quantitative estimate of drug-likeness (QED) is 0.726. The zero-order valence-corrected chi connectivity index (χ0v) is 12.5. The maximum atomic E-state index is 13.6. The summed E-state index contributed by atoms with van der Waals surface area (Å²) in [5, 5.41) is 4.76. The van der Waals surface area contributed by atoms with E-state index in [1.165, 1.54) is 12.1 Å². The summed E-state index contributed by atoms with van der Waals surface area (Å²) in [5.41, 5.74) is 3.11. The van der Waals surface area contributed by atoms with Gasteiger partial charge in [-0.2, -0.15) is 5.10 Å². The van der Waals surface area contributed by atoms with Crippen LogP contribution in [0, 0.1) is 17.5 Å². The zero-order valence-electron chi connectivity index (χ0n) is 10.9. The number of imidazole rings is 1. The van der Waals surface area contributed by atoms with Gasteiger partial charge in [-0.1, -0.05) is 11.6 Å². The molecule has 0 spiro atoms. The van der Waals surface area contributed by atoms with Gasteiger partial charge in [-0.3, -0.25) is 4.57 Å². The molecular formula is C13H12ClFN4S. The number of H-pyrrole nitrogens is 1. The molecule has 0 fully saturated rings. The van der Waals surface area contributed by atoms with Crippen LogP contribution < -0.4 is 0 Å². The standard InChI is InChI=1S/C13H12ClFN4S/c1-3-18-12-11(7(2)17-18)16-13(20)19(12)10-5-8(14)4-9(15)6-10/h4-6H,3H2,1-2H3,(H,16,20). The number of aryl methyl sites for hydroxylation is 2. The first kappa shape index (κ1) is 13.3. The summed E-state index contributed by atoms with van der Waals surface area (Å²) >= 11 is 11.3. The molecular weight excluding hydrogens is 299 g/mol. The van der Waals surface area contributed by atoms with E-state index in [0.717, 1.165) is 16.9 Å². The van der Waals surface area contributed by atoms with Gasteiger partial charge in [0, 0.05) is 11.6 Å². The maximum Gasteiger partial charge on any atom is 0.184 e. The molecule has 1 aromatic carbocycles. The molecule has 0 amide bonds. The lowest BCUT2D eigenvalue weighted by molar-refractivity contribution is 0.625. The number of fused-ring (bicyclic) bond motifs is 1. The smallest absolute Gasteiger partial charge is 0.184 e. The average Bonchev–Trinajstić information content (AvgIpc) is 2.85. The molecule has 0 saturated heterocycles. The summed E-state index contributed by atoms with van der Waals surface area (Å²) in [6.45, 7) is 4.59. The van der Waals surface area contributed by atoms with Crippen molar-refractivity contribution in [2.45, 2.75) is 20.4 Å². The molecule has 1 N–H and O–H groups in total. The molecule has 0 aliphatic heterocycles. The van der Waals surface area contributed by atoms with Crippen LogP contribution in [0.25, 0.3) is 16.9 Å². The average molecular weight is 311 g/mol. The molecule has 0 radical (unpaired) electrons. The summed E-state index contributed by atoms with van der Waals surface area (Å²) in [6, 6.07) is 4.34. The lowest BCUT2D eigenvalue weighted by Gasteiger charge is -2.07. The predicted molar refractivity (Wildman–Crippen MR) is 79.6 cm³/mol. The van der Waals surface area contributed by atoms with Crippen molar-refractivity contribution < 1.29 is 4.39 Å². The van der Waals surface area contributed by atoms with Crippen molar-refractivity contribution >= 4 is 35.0 Å². The highest BCUT2D eigenvalue weighted by Gasteiger charge is 2.15. The summed E-state index contributed by atoms with van der Waals surface area (Å²) in [7, 11) is 0. The number of rotatable bonds is 2. The Balaban J connectivity index is 2.41. The first-order chi connectivity index (χ1) is 9.51. The van der Waals surface area contributed by atoms with Crippen molar-refractivity contribution in [3.05, 3.63) is 39.5 Å². The Hall–Kier alpha value is -1.66. The highest BCUT2D eigenvalue weighted by molar-refractivity contribution is 7.71. The Morgan fingerprint density at radius 3 is 2.80 bits per heavy atom. The topological polar surface area (TPSA) is 38.5 Å². The van der Waals surface area contributed by atoms with Gasteiger partial charge in [-0.15, -0.1) is 0 Å². The second-order valence-corrected chi connectivity index (χ2v) is 5.32. The Morgan fingerprint density at radius 1 is 1.40 bits per heavy atom. The van der Waals surface area contributed by atoms with E-state index in [-0.39, 0.29) is 0 Å². The van der Waals surface area contributed by atoms with Crippen LogP contribution in [0.3, 0.4) is 0 Å². The number of nitrogens with one attached hydrogen (secondary N) is 1. The zero-order chi connectivity index (χ0) is 14.4. The normalized spacial score (nSPS) is 11.4. The molecule has 0 bridgehead atoms. The minimum absolute atomic E-state index is 0.329. The molecule has 7 heteroatoms. The molecule has 0 aliphatic carbocycles. The van der Waals surface area contributed by atoms with Gasteiger partial charge < -0.3 is 4.98 Å². The first-order valence-electron chi connectivity index (χ1n) is 6.16. The van der Waals surface area contributed by atoms with Gasteiger partial charge >= 0.3 is 0 Å².